The maximum Gasteiger partial charge on any atom is 0.268 e. The summed E-state index contributed by atoms with van der Waals surface area (Å²) in [5.74, 6) is -0.0117. The molecule has 0 saturated carbocycles. The fourth-order valence-electron chi connectivity index (χ4n) is 3.80. The number of carbonyl (C=O) groups is 1. The topological polar surface area (TPSA) is 121 Å². The van der Waals surface area contributed by atoms with Gasteiger partial charge in [0.2, 0.25) is 5.91 Å². The summed E-state index contributed by atoms with van der Waals surface area (Å²) in [5.41, 5.74) is 2.35. The second kappa shape index (κ2) is 10.7. The van der Waals surface area contributed by atoms with E-state index in [0.717, 1.165) is 9.87 Å². The maximum atomic E-state index is 13.8. The average molecular weight is 519 g/mol. The van der Waals surface area contributed by atoms with Crippen LogP contribution < -0.4 is 19.9 Å². The van der Waals surface area contributed by atoms with Crippen molar-refractivity contribution < 1.29 is 17.9 Å². The van der Waals surface area contributed by atoms with Crippen LogP contribution in [0.4, 0.5) is 11.4 Å². The first-order valence-corrected chi connectivity index (χ1v) is 12.8. The number of aromatic nitrogens is 2. The van der Waals surface area contributed by atoms with Crippen molar-refractivity contribution in [2.45, 2.75) is 18.7 Å². The van der Waals surface area contributed by atoms with Crippen LogP contribution in [-0.2, 0) is 14.8 Å². The molecule has 4 aromatic rings. The van der Waals surface area contributed by atoms with Gasteiger partial charge in [-0.05, 0) is 55.8 Å². The van der Waals surface area contributed by atoms with Crippen LogP contribution in [-0.4, -0.2) is 37.9 Å². The summed E-state index contributed by atoms with van der Waals surface area (Å²) in [6.45, 7) is 3.01. The second-order valence-electron chi connectivity index (χ2n) is 8.37. The first-order chi connectivity index (χ1) is 17.7. The summed E-state index contributed by atoms with van der Waals surface area (Å²) < 4.78 is 33.9. The van der Waals surface area contributed by atoms with Gasteiger partial charge in [0.15, 0.2) is 0 Å². The number of aromatic amines is 1. The highest BCUT2D eigenvalue weighted by Crippen LogP contribution is 2.31. The maximum absolute atomic E-state index is 13.8. The Labute approximate surface area is 214 Å². The van der Waals surface area contributed by atoms with E-state index in [4.69, 9.17) is 4.74 Å². The molecule has 1 amide bonds. The van der Waals surface area contributed by atoms with Gasteiger partial charge in [-0.3, -0.25) is 13.9 Å². The van der Waals surface area contributed by atoms with Crippen LogP contribution >= 0.6 is 0 Å². The summed E-state index contributed by atoms with van der Waals surface area (Å²) in [5, 5.41) is 2.75. The molecule has 0 aliphatic rings. The second-order valence-corrected chi connectivity index (χ2v) is 10.2. The SMILES string of the molecule is COc1ccc(C)cc1S(=O)(=O)N(CC(=O)Nc1cccc(-c2nc(C)cc(=O)[nH]2)c1)c1ccccc1. The molecule has 0 unspecified atom stereocenters. The van der Waals surface area contributed by atoms with Gasteiger partial charge in [-0.1, -0.05) is 36.4 Å². The molecule has 1 heterocycles. The molecular weight excluding hydrogens is 492 g/mol. The Hall–Kier alpha value is -4.44. The van der Waals surface area contributed by atoms with E-state index in [1.54, 1.807) is 80.6 Å². The Balaban J connectivity index is 1.65. The van der Waals surface area contributed by atoms with Gasteiger partial charge in [-0.15, -0.1) is 0 Å². The van der Waals surface area contributed by atoms with Gasteiger partial charge in [0.1, 0.15) is 23.0 Å². The number of anilines is 2. The number of benzene rings is 3. The number of carbonyl (C=O) groups excluding carboxylic acids is 1. The molecule has 0 saturated heterocycles. The van der Waals surface area contributed by atoms with Crippen molar-refractivity contribution in [2.24, 2.45) is 0 Å². The van der Waals surface area contributed by atoms with E-state index in [0.29, 0.717) is 28.5 Å². The minimum atomic E-state index is -4.17. The predicted molar refractivity (Wildman–Crippen MR) is 142 cm³/mol. The monoisotopic (exact) mass is 518 g/mol. The molecule has 0 fully saturated rings. The smallest absolute Gasteiger partial charge is 0.268 e. The van der Waals surface area contributed by atoms with Crippen molar-refractivity contribution >= 4 is 27.3 Å². The molecule has 0 atom stereocenters. The highest BCUT2D eigenvalue weighted by Gasteiger charge is 2.30. The Morgan fingerprint density at radius 1 is 1.00 bits per heavy atom. The van der Waals surface area contributed by atoms with Crippen LogP contribution in [0.3, 0.4) is 0 Å². The summed E-state index contributed by atoms with van der Waals surface area (Å²) in [7, 11) is -2.77. The number of hydrogen-bond acceptors (Lipinski definition) is 6. The third-order valence-electron chi connectivity index (χ3n) is 5.51. The van der Waals surface area contributed by atoms with Crippen LogP contribution in [0.25, 0.3) is 11.4 Å². The molecule has 190 valence electrons. The average Bonchev–Trinajstić information content (AvgIpc) is 2.87. The quantitative estimate of drug-likeness (QED) is 0.365. The number of H-pyrrole nitrogens is 1. The van der Waals surface area contributed by atoms with Crippen LogP contribution in [0, 0.1) is 13.8 Å². The van der Waals surface area contributed by atoms with Crippen molar-refractivity contribution in [3.05, 3.63) is 100 Å². The lowest BCUT2D eigenvalue weighted by atomic mass is 10.2. The summed E-state index contributed by atoms with van der Waals surface area (Å²) >= 11 is 0. The molecule has 0 radical (unpaired) electrons. The van der Waals surface area contributed by atoms with Gasteiger partial charge in [0.25, 0.3) is 15.6 Å². The van der Waals surface area contributed by atoms with Crippen LogP contribution in [0.1, 0.15) is 11.3 Å². The molecule has 0 bridgehead atoms. The zero-order valence-corrected chi connectivity index (χ0v) is 21.4. The Morgan fingerprint density at radius 2 is 1.76 bits per heavy atom. The van der Waals surface area contributed by atoms with Gasteiger partial charge in [-0.2, -0.15) is 0 Å². The molecule has 0 aliphatic heterocycles. The molecule has 9 nitrogen and oxygen atoms in total. The van der Waals surface area contributed by atoms with Crippen molar-refractivity contribution in [3.8, 4) is 17.1 Å². The van der Waals surface area contributed by atoms with E-state index in [1.165, 1.54) is 19.2 Å². The molecule has 4 rings (SSSR count). The molecule has 3 aromatic carbocycles. The minimum absolute atomic E-state index is 0.0388. The summed E-state index contributed by atoms with van der Waals surface area (Å²) in [6.07, 6.45) is 0. The lowest BCUT2D eigenvalue weighted by Crippen LogP contribution is -2.38. The zero-order valence-electron chi connectivity index (χ0n) is 20.6. The number of nitrogens with zero attached hydrogens (tertiary/aromatic N) is 2. The minimum Gasteiger partial charge on any atom is -0.495 e. The normalized spacial score (nSPS) is 11.1. The summed E-state index contributed by atoms with van der Waals surface area (Å²) in [4.78, 5) is 31.9. The Bertz CT molecular complexity index is 1600. The summed E-state index contributed by atoms with van der Waals surface area (Å²) in [6, 6.07) is 21.4. The number of nitrogens with one attached hydrogen (secondary N) is 2. The molecular formula is C27H26N4O5S. The van der Waals surface area contributed by atoms with E-state index in [2.05, 4.69) is 15.3 Å². The number of aryl methyl sites for hydroxylation is 2. The number of methoxy groups -OCH3 is 1. The zero-order chi connectivity index (χ0) is 26.6. The van der Waals surface area contributed by atoms with Crippen molar-refractivity contribution in [1.82, 2.24) is 9.97 Å². The van der Waals surface area contributed by atoms with Crippen molar-refractivity contribution in [2.75, 3.05) is 23.3 Å². The number of ether oxygens (including phenoxy) is 1. The molecule has 1 aromatic heterocycles. The van der Waals surface area contributed by atoms with E-state index >= 15 is 0 Å². The predicted octanol–water partition coefficient (Wildman–Crippen LogP) is 3.90. The lowest BCUT2D eigenvalue weighted by molar-refractivity contribution is -0.114. The van der Waals surface area contributed by atoms with Gasteiger partial charge >= 0.3 is 0 Å². The first-order valence-electron chi connectivity index (χ1n) is 11.4. The highest BCUT2D eigenvalue weighted by molar-refractivity contribution is 7.93. The van der Waals surface area contributed by atoms with E-state index < -0.39 is 22.5 Å². The van der Waals surface area contributed by atoms with Gasteiger partial charge in [-0.25, -0.2) is 13.4 Å². The highest BCUT2D eigenvalue weighted by atomic mass is 32.2. The van der Waals surface area contributed by atoms with Crippen LogP contribution in [0.2, 0.25) is 0 Å². The lowest BCUT2D eigenvalue weighted by Gasteiger charge is -2.25. The van der Waals surface area contributed by atoms with Gasteiger partial charge in [0.05, 0.1) is 12.8 Å². The number of amides is 1. The standard InChI is InChI=1S/C27H26N4O5S/c1-18-12-13-23(36-3)24(14-18)37(34,35)31(22-10-5-4-6-11-22)17-26(33)29-21-9-7-8-20(16-21)27-28-19(2)15-25(32)30-27/h4-16H,17H2,1-3H3,(H,29,33)(H,28,30,32). The van der Waals surface area contributed by atoms with Gasteiger partial charge < -0.3 is 15.0 Å². The number of sulfonamides is 1. The van der Waals surface area contributed by atoms with Crippen molar-refractivity contribution in [1.29, 1.82) is 0 Å². The number of rotatable bonds is 8. The Kier molecular flexibility index (Phi) is 7.40. The molecule has 10 heteroatoms. The van der Waals surface area contributed by atoms with E-state index in [9.17, 15) is 18.0 Å². The Morgan fingerprint density at radius 3 is 2.46 bits per heavy atom. The van der Waals surface area contributed by atoms with Crippen LogP contribution in [0.5, 0.6) is 5.75 Å². The third kappa shape index (κ3) is 5.87. The van der Waals surface area contributed by atoms with E-state index in [1.807, 2.05) is 0 Å². The fraction of sp³-hybridized carbons (Fsp3) is 0.148. The molecule has 2 N–H and O–H groups in total. The molecule has 37 heavy (non-hydrogen) atoms. The van der Waals surface area contributed by atoms with Gasteiger partial charge in [0, 0.05) is 23.0 Å². The first kappa shape index (κ1) is 25.6. The van der Waals surface area contributed by atoms with E-state index in [-0.39, 0.29) is 16.2 Å². The molecule has 0 aliphatic carbocycles. The third-order valence-corrected chi connectivity index (χ3v) is 7.30. The fourth-order valence-corrected chi connectivity index (χ4v) is 5.47. The van der Waals surface area contributed by atoms with Crippen LogP contribution in [0.15, 0.2) is 88.6 Å². The number of hydrogen-bond donors (Lipinski definition) is 2. The largest absolute Gasteiger partial charge is 0.495 e. The number of para-hydroxylation sites is 1. The van der Waals surface area contributed by atoms with Crippen molar-refractivity contribution in [3.63, 3.8) is 0 Å². The molecule has 0 spiro atoms.